The molecule has 0 radical (unpaired) electrons. The fourth-order valence-corrected chi connectivity index (χ4v) is 3.03. The highest BCUT2D eigenvalue weighted by Gasteiger charge is 2.18. The zero-order valence-electron chi connectivity index (χ0n) is 14.4. The third-order valence-corrected chi connectivity index (χ3v) is 4.19. The van der Waals surface area contributed by atoms with Crippen molar-refractivity contribution in [1.29, 1.82) is 0 Å². The molecule has 1 aromatic carbocycles. The zero-order chi connectivity index (χ0) is 17.1. The predicted molar refractivity (Wildman–Crippen MR) is 91.2 cm³/mol. The molecule has 24 heavy (non-hydrogen) atoms. The Hall–Kier alpha value is -2.18. The van der Waals surface area contributed by atoms with Crippen LogP contribution in [0.2, 0.25) is 0 Å². The van der Waals surface area contributed by atoms with E-state index in [4.69, 9.17) is 9.26 Å². The van der Waals surface area contributed by atoms with Gasteiger partial charge in [0.25, 0.3) is 5.91 Å². The molecule has 1 saturated heterocycles. The average molecular weight is 329 g/mol. The highest BCUT2D eigenvalue weighted by molar-refractivity contribution is 6.03. The molecule has 3 rings (SSSR count). The van der Waals surface area contributed by atoms with Crippen molar-refractivity contribution in [3.05, 3.63) is 46.3 Å². The molecular weight excluding hydrogens is 306 g/mol. The van der Waals surface area contributed by atoms with E-state index >= 15 is 0 Å². The number of ether oxygens (including phenoxy) is 1. The lowest BCUT2D eigenvalue weighted by molar-refractivity contribution is 0.0305. The third-order valence-electron chi connectivity index (χ3n) is 4.19. The molecule has 1 aliphatic heterocycles. The van der Waals surface area contributed by atoms with Gasteiger partial charge >= 0.3 is 0 Å². The van der Waals surface area contributed by atoms with E-state index in [1.165, 1.54) is 5.56 Å². The minimum absolute atomic E-state index is 0.248. The van der Waals surface area contributed by atoms with Gasteiger partial charge in [0.1, 0.15) is 0 Å². The van der Waals surface area contributed by atoms with Crippen LogP contribution < -0.4 is 5.32 Å². The topological polar surface area (TPSA) is 67.6 Å². The average Bonchev–Trinajstić information content (AvgIpc) is 3.00. The lowest BCUT2D eigenvalue weighted by atomic mass is 10.1. The van der Waals surface area contributed by atoms with Crippen LogP contribution in [0.3, 0.4) is 0 Å². The van der Waals surface area contributed by atoms with Crippen molar-refractivity contribution >= 4 is 11.6 Å². The van der Waals surface area contributed by atoms with Gasteiger partial charge in [-0.15, -0.1) is 0 Å². The number of carbonyl (C=O) groups excluding carboxylic acids is 1. The second-order valence-electron chi connectivity index (χ2n) is 6.29. The van der Waals surface area contributed by atoms with Crippen molar-refractivity contribution in [2.24, 2.45) is 0 Å². The molecule has 6 nitrogen and oxygen atoms in total. The maximum Gasteiger partial charge on any atom is 0.277 e. The summed E-state index contributed by atoms with van der Waals surface area (Å²) in [5.41, 5.74) is 4.40. The molecule has 2 aromatic rings. The van der Waals surface area contributed by atoms with E-state index in [0.717, 1.165) is 43.1 Å². The van der Waals surface area contributed by atoms with Gasteiger partial charge in [-0.2, -0.15) is 0 Å². The molecule has 0 saturated carbocycles. The van der Waals surface area contributed by atoms with Crippen molar-refractivity contribution in [1.82, 2.24) is 10.1 Å². The highest BCUT2D eigenvalue weighted by atomic mass is 16.5. The van der Waals surface area contributed by atoms with E-state index < -0.39 is 0 Å². The Bertz CT molecular complexity index is 710. The maximum atomic E-state index is 12.4. The molecule has 128 valence electrons. The van der Waals surface area contributed by atoms with Gasteiger partial charge in [0.15, 0.2) is 11.5 Å². The van der Waals surface area contributed by atoms with Crippen LogP contribution in [0, 0.1) is 20.8 Å². The molecule has 0 aliphatic carbocycles. The second kappa shape index (κ2) is 7.15. The summed E-state index contributed by atoms with van der Waals surface area (Å²) in [5, 5.41) is 6.85. The number of aryl methyl sites for hydroxylation is 3. The molecule has 1 fully saturated rings. The molecule has 6 heteroatoms. The molecule has 1 aliphatic rings. The lowest BCUT2D eigenvalue weighted by Gasteiger charge is -2.25. The van der Waals surface area contributed by atoms with Crippen LogP contribution >= 0.6 is 0 Å². The van der Waals surface area contributed by atoms with Crippen LogP contribution in [0.25, 0.3) is 0 Å². The highest BCUT2D eigenvalue weighted by Crippen LogP contribution is 2.22. The Morgan fingerprint density at radius 2 is 1.83 bits per heavy atom. The summed E-state index contributed by atoms with van der Waals surface area (Å²) in [6, 6.07) is 5.81. The van der Waals surface area contributed by atoms with Crippen LogP contribution in [-0.2, 0) is 11.3 Å². The first kappa shape index (κ1) is 16.7. The molecule has 1 amide bonds. The minimum Gasteiger partial charge on any atom is -0.379 e. The molecular formula is C18H23N3O3. The quantitative estimate of drug-likeness (QED) is 0.934. The van der Waals surface area contributed by atoms with E-state index in [9.17, 15) is 4.79 Å². The number of aromatic nitrogens is 1. The number of nitrogens with zero attached hydrogens (tertiary/aromatic N) is 2. The van der Waals surface area contributed by atoms with Crippen LogP contribution in [0.5, 0.6) is 0 Å². The van der Waals surface area contributed by atoms with Crippen molar-refractivity contribution in [2.75, 3.05) is 31.6 Å². The molecule has 0 bridgehead atoms. The first-order chi connectivity index (χ1) is 11.5. The Morgan fingerprint density at radius 1 is 1.17 bits per heavy atom. The summed E-state index contributed by atoms with van der Waals surface area (Å²) in [6.07, 6.45) is 0. The van der Waals surface area contributed by atoms with Gasteiger partial charge in [-0.25, -0.2) is 0 Å². The van der Waals surface area contributed by atoms with E-state index in [0.29, 0.717) is 18.0 Å². The Kier molecular flexibility index (Phi) is 4.97. The zero-order valence-corrected chi connectivity index (χ0v) is 14.4. The first-order valence-corrected chi connectivity index (χ1v) is 8.18. The first-order valence-electron chi connectivity index (χ1n) is 8.18. The Morgan fingerprint density at radius 3 is 2.50 bits per heavy atom. The number of nitrogens with one attached hydrogen (secondary N) is 1. The summed E-state index contributed by atoms with van der Waals surface area (Å²) in [5.74, 6) is 0.446. The standard InChI is InChI=1S/C18H23N3O3/c1-12-8-13(2)17(14(3)9-12)19-18(22)16-10-15(24-20-16)11-21-4-6-23-7-5-21/h8-10H,4-7,11H2,1-3H3,(H,19,22). The summed E-state index contributed by atoms with van der Waals surface area (Å²) in [7, 11) is 0. The fourth-order valence-electron chi connectivity index (χ4n) is 3.03. The Balaban J connectivity index is 1.67. The van der Waals surface area contributed by atoms with Crippen LogP contribution in [0.15, 0.2) is 22.7 Å². The van der Waals surface area contributed by atoms with Gasteiger partial charge in [0.2, 0.25) is 0 Å². The number of benzene rings is 1. The number of amides is 1. The largest absolute Gasteiger partial charge is 0.379 e. The normalized spacial score (nSPS) is 15.5. The van der Waals surface area contributed by atoms with Crippen molar-refractivity contribution < 1.29 is 14.1 Å². The van der Waals surface area contributed by atoms with Gasteiger partial charge in [-0.05, 0) is 31.9 Å². The number of hydrogen-bond donors (Lipinski definition) is 1. The van der Waals surface area contributed by atoms with E-state index in [1.54, 1.807) is 6.07 Å². The van der Waals surface area contributed by atoms with Crippen molar-refractivity contribution in [3.63, 3.8) is 0 Å². The summed E-state index contributed by atoms with van der Waals surface area (Å²) >= 11 is 0. The van der Waals surface area contributed by atoms with Crippen LogP contribution in [0.4, 0.5) is 5.69 Å². The molecule has 0 spiro atoms. The lowest BCUT2D eigenvalue weighted by Crippen LogP contribution is -2.35. The maximum absolute atomic E-state index is 12.4. The molecule has 0 atom stereocenters. The Labute approximate surface area is 141 Å². The number of anilines is 1. The van der Waals surface area contributed by atoms with Crippen LogP contribution in [-0.4, -0.2) is 42.3 Å². The second-order valence-corrected chi connectivity index (χ2v) is 6.29. The number of morpholine rings is 1. The molecule has 2 heterocycles. The van der Waals surface area contributed by atoms with Crippen molar-refractivity contribution in [3.8, 4) is 0 Å². The number of hydrogen-bond acceptors (Lipinski definition) is 5. The van der Waals surface area contributed by atoms with Crippen LogP contribution in [0.1, 0.15) is 32.9 Å². The number of rotatable bonds is 4. The smallest absolute Gasteiger partial charge is 0.277 e. The van der Waals surface area contributed by atoms with E-state index in [-0.39, 0.29) is 5.91 Å². The minimum atomic E-state index is -0.248. The van der Waals surface area contributed by atoms with Gasteiger partial charge in [-0.1, -0.05) is 22.9 Å². The van der Waals surface area contributed by atoms with Gasteiger partial charge < -0.3 is 14.6 Å². The summed E-state index contributed by atoms with van der Waals surface area (Å²) < 4.78 is 10.6. The fraction of sp³-hybridized carbons (Fsp3) is 0.444. The van der Waals surface area contributed by atoms with E-state index in [1.807, 2.05) is 20.8 Å². The van der Waals surface area contributed by atoms with Crippen molar-refractivity contribution in [2.45, 2.75) is 27.3 Å². The monoisotopic (exact) mass is 329 g/mol. The SMILES string of the molecule is Cc1cc(C)c(NC(=O)c2cc(CN3CCOCC3)on2)c(C)c1. The number of carbonyl (C=O) groups is 1. The third kappa shape index (κ3) is 3.83. The summed E-state index contributed by atoms with van der Waals surface area (Å²) in [6.45, 7) is 9.85. The molecule has 0 unspecified atom stereocenters. The van der Waals surface area contributed by atoms with Gasteiger partial charge in [0.05, 0.1) is 19.8 Å². The predicted octanol–water partition coefficient (Wildman–Crippen LogP) is 2.68. The molecule has 1 N–H and O–H groups in total. The van der Waals surface area contributed by atoms with Gasteiger partial charge in [0, 0.05) is 24.8 Å². The summed E-state index contributed by atoms with van der Waals surface area (Å²) in [4.78, 5) is 14.7. The van der Waals surface area contributed by atoms with Gasteiger partial charge in [-0.3, -0.25) is 9.69 Å². The van der Waals surface area contributed by atoms with E-state index in [2.05, 4.69) is 27.5 Å². The molecule has 1 aromatic heterocycles.